The highest BCUT2D eigenvalue weighted by Crippen LogP contribution is 2.26. The average Bonchev–Trinajstić information content (AvgIpc) is 3.04. The van der Waals surface area contributed by atoms with Gasteiger partial charge >= 0.3 is 0 Å². The summed E-state index contributed by atoms with van der Waals surface area (Å²) in [6.45, 7) is 0.527. The van der Waals surface area contributed by atoms with Crippen LogP contribution in [0.25, 0.3) is 0 Å². The second-order valence-electron chi connectivity index (χ2n) is 6.05. The molecule has 0 aromatic heterocycles. The van der Waals surface area contributed by atoms with E-state index >= 15 is 0 Å². The fraction of sp³-hybridized carbons (Fsp3) is 0.300. The molecule has 0 saturated carbocycles. The number of benzene rings is 2. The summed E-state index contributed by atoms with van der Waals surface area (Å²) in [6, 6.07) is 16.7. The number of para-hydroxylation sites is 1. The predicted octanol–water partition coefficient (Wildman–Crippen LogP) is 2.55. The molecule has 1 unspecified atom stereocenters. The maximum absolute atomic E-state index is 12.6. The van der Waals surface area contributed by atoms with Crippen LogP contribution in [0.4, 0.5) is 5.69 Å². The fourth-order valence-corrected chi connectivity index (χ4v) is 3.12. The Morgan fingerprint density at radius 2 is 2.00 bits per heavy atom. The lowest BCUT2D eigenvalue weighted by Gasteiger charge is -2.24. The Balaban J connectivity index is 1.59. The van der Waals surface area contributed by atoms with Crippen LogP contribution in [0.3, 0.4) is 0 Å². The van der Waals surface area contributed by atoms with Gasteiger partial charge in [0.15, 0.2) is 0 Å². The summed E-state index contributed by atoms with van der Waals surface area (Å²) in [7, 11) is 1.64. The molecule has 0 radical (unpaired) electrons. The van der Waals surface area contributed by atoms with E-state index in [1.165, 1.54) is 0 Å². The summed E-state index contributed by atoms with van der Waals surface area (Å²) in [6.07, 6.45) is 1.68. The van der Waals surface area contributed by atoms with E-state index in [1.807, 2.05) is 54.6 Å². The SMILES string of the molecule is COc1cccc(CCNC(=O)C2CCC(=O)N2c2ccccc2)c1. The molecule has 1 heterocycles. The number of carbonyl (C=O) groups is 2. The summed E-state index contributed by atoms with van der Waals surface area (Å²) in [5.41, 5.74) is 1.88. The van der Waals surface area contributed by atoms with Crippen molar-refractivity contribution < 1.29 is 14.3 Å². The van der Waals surface area contributed by atoms with Gasteiger partial charge in [-0.25, -0.2) is 0 Å². The van der Waals surface area contributed by atoms with Crippen LogP contribution in [0.5, 0.6) is 5.75 Å². The fourth-order valence-electron chi connectivity index (χ4n) is 3.12. The third-order valence-electron chi connectivity index (χ3n) is 4.40. The minimum absolute atomic E-state index is 0.000791. The van der Waals surface area contributed by atoms with Gasteiger partial charge < -0.3 is 10.1 Å². The van der Waals surface area contributed by atoms with Gasteiger partial charge in [0, 0.05) is 18.7 Å². The highest BCUT2D eigenvalue weighted by atomic mass is 16.5. The van der Waals surface area contributed by atoms with Crippen LogP contribution in [-0.2, 0) is 16.0 Å². The summed E-state index contributed by atoms with van der Waals surface area (Å²) in [5.74, 6) is 0.706. The van der Waals surface area contributed by atoms with Gasteiger partial charge in [0.2, 0.25) is 11.8 Å². The summed E-state index contributed by atoms with van der Waals surface area (Å²) >= 11 is 0. The average molecular weight is 338 g/mol. The van der Waals surface area contributed by atoms with E-state index in [2.05, 4.69) is 5.32 Å². The van der Waals surface area contributed by atoms with Gasteiger partial charge in [-0.15, -0.1) is 0 Å². The van der Waals surface area contributed by atoms with Crippen LogP contribution < -0.4 is 15.0 Å². The van der Waals surface area contributed by atoms with E-state index in [4.69, 9.17) is 4.74 Å². The molecule has 1 N–H and O–H groups in total. The molecule has 5 nitrogen and oxygen atoms in total. The monoisotopic (exact) mass is 338 g/mol. The number of nitrogens with zero attached hydrogens (tertiary/aromatic N) is 1. The number of hydrogen-bond donors (Lipinski definition) is 1. The van der Waals surface area contributed by atoms with Gasteiger partial charge in [0.05, 0.1) is 7.11 Å². The number of nitrogens with one attached hydrogen (secondary N) is 1. The van der Waals surface area contributed by atoms with Crippen molar-refractivity contribution in [2.75, 3.05) is 18.6 Å². The van der Waals surface area contributed by atoms with Gasteiger partial charge in [-0.05, 0) is 42.7 Å². The lowest BCUT2D eigenvalue weighted by Crippen LogP contribution is -2.45. The number of amides is 2. The number of methoxy groups -OCH3 is 1. The van der Waals surface area contributed by atoms with Crippen molar-refractivity contribution in [1.29, 1.82) is 0 Å². The first-order valence-corrected chi connectivity index (χ1v) is 8.47. The van der Waals surface area contributed by atoms with Gasteiger partial charge in [0.25, 0.3) is 0 Å². The third-order valence-corrected chi connectivity index (χ3v) is 4.40. The molecule has 2 amide bonds. The van der Waals surface area contributed by atoms with Crippen molar-refractivity contribution in [1.82, 2.24) is 5.32 Å². The van der Waals surface area contributed by atoms with Crippen molar-refractivity contribution in [3.05, 3.63) is 60.2 Å². The van der Waals surface area contributed by atoms with Crippen LogP contribution in [-0.4, -0.2) is 31.5 Å². The van der Waals surface area contributed by atoms with Gasteiger partial charge in [-0.1, -0.05) is 30.3 Å². The van der Waals surface area contributed by atoms with E-state index in [0.717, 1.165) is 23.4 Å². The largest absolute Gasteiger partial charge is 0.497 e. The van der Waals surface area contributed by atoms with Crippen molar-refractivity contribution in [3.63, 3.8) is 0 Å². The van der Waals surface area contributed by atoms with Crippen molar-refractivity contribution in [2.45, 2.75) is 25.3 Å². The maximum Gasteiger partial charge on any atom is 0.243 e. The third kappa shape index (κ3) is 3.99. The summed E-state index contributed by atoms with van der Waals surface area (Å²) in [4.78, 5) is 26.4. The van der Waals surface area contributed by atoms with Gasteiger partial charge in [-0.3, -0.25) is 14.5 Å². The number of rotatable bonds is 6. The molecule has 1 saturated heterocycles. The predicted molar refractivity (Wildman–Crippen MR) is 96.7 cm³/mol. The Bertz CT molecular complexity index is 746. The molecule has 2 aromatic rings. The zero-order valence-electron chi connectivity index (χ0n) is 14.3. The zero-order valence-corrected chi connectivity index (χ0v) is 14.3. The van der Waals surface area contributed by atoms with Crippen molar-refractivity contribution in [2.24, 2.45) is 0 Å². The molecule has 130 valence electrons. The molecule has 0 aliphatic carbocycles. The van der Waals surface area contributed by atoms with E-state index in [0.29, 0.717) is 19.4 Å². The van der Waals surface area contributed by atoms with Crippen LogP contribution in [0.15, 0.2) is 54.6 Å². The molecule has 0 bridgehead atoms. The molecule has 1 aliphatic heterocycles. The van der Waals surface area contributed by atoms with E-state index in [-0.39, 0.29) is 11.8 Å². The first-order chi connectivity index (χ1) is 12.2. The standard InChI is InChI=1S/C20H22N2O3/c1-25-17-9-5-6-15(14-17)12-13-21-20(24)18-10-11-19(23)22(18)16-7-3-2-4-8-16/h2-9,14,18H,10-13H2,1H3,(H,21,24). The lowest BCUT2D eigenvalue weighted by molar-refractivity contribution is -0.123. The van der Waals surface area contributed by atoms with Crippen LogP contribution >= 0.6 is 0 Å². The molecular formula is C20H22N2O3. The molecule has 1 aliphatic rings. The molecule has 0 spiro atoms. The summed E-state index contributed by atoms with van der Waals surface area (Å²) < 4.78 is 5.21. The number of hydrogen-bond acceptors (Lipinski definition) is 3. The number of anilines is 1. The quantitative estimate of drug-likeness (QED) is 0.881. The zero-order chi connectivity index (χ0) is 17.6. The second-order valence-corrected chi connectivity index (χ2v) is 6.05. The molecule has 5 heteroatoms. The first kappa shape index (κ1) is 17.0. The molecular weight excluding hydrogens is 316 g/mol. The number of carbonyl (C=O) groups excluding carboxylic acids is 2. The Kier molecular flexibility index (Phi) is 5.33. The summed E-state index contributed by atoms with van der Waals surface area (Å²) in [5, 5.41) is 2.96. The topological polar surface area (TPSA) is 58.6 Å². The Morgan fingerprint density at radius 1 is 1.20 bits per heavy atom. The van der Waals surface area contributed by atoms with Gasteiger partial charge in [0.1, 0.15) is 11.8 Å². The van der Waals surface area contributed by atoms with E-state index in [1.54, 1.807) is 12.0 Å². The lowest BCUT2D eigenvalue weighted by atomic mass is 10.1. The maximum atomic E-state index is 12.6. The van der Waals surface area contributed by atoms with Crippen LogP contribution in [0.1, 0.15) is 18.4 Å². The second kappa shape index (κ2) is 7.83. The molecule has 25 heavy (non-hydrogen) atoms. The Morgan fingerprint density at radius 3 is 2.76 bits per heavy atom. The molecule has 1 fully saturated rings. The van der Waals surface area contributed by atoms with E-state index in [9.17, 15) is 9.59 Å². The van der Waals surface area contributed by atoms with Crippen LogP contribution in [0, 0.1) is 0 Å². The molecule has 2 aromatic carbocycles. The normalized spacial score (nSPS) is 16.8. The van der Waals surface area contributed by atoms with E-state index < -0.39 is 6.04 Å². The highest BCUT2D eigenvalue weighted by molar-refractivity contribution is 6.03. The minimum Gasteiger partial charge on any atom is -0.497 e. The Labute approximate surface area is 147 Å². The smallest absolute Gasteiger partial charge is 0.243 e. The molecule has 3 rings (SSSR count). The highest BCUT2D eigenvalue weighted by Gasteiger charge is 2.36. The first-order valence-electron chi connectivity index (χ1n) is 8.47. The van der Waals surface area contributed by atoms with Crippen LogP contribution in [0.2, 0.25) is 0 Å². The van der Waals surface area contributed by atoms with Crippen molar-refractivity contribution in [3.8, 4) is 5.75 Å². The van der Waals surface area contributed by atoms with Crippen molar-refractivity contribution >= 4 is 17.5 Å². The Hall–Kier alpha value is -2.82. The van der Waals surface area contributed by atoms with Gasteiger partial charge in [-0.2, -0.15) is 0 Å². The minimum atomic E-state index is -0.430. The molecule has 1 atom stereocenters. The number of ether oxygens (including phenoxy) is 1.